The molecule has 0 bridgehead atoms. The number of carboxylic acid groups (broad SMARTS) is 1. The lowest BCUT2D eigenvalue weighted by atomic mass is 9.99. The molecule has 7 heteroatoms. The number of methoxy groups -OCH3 is 1. The van der Waals surface area contributed by atoms with Crippen LogP contribution in [0.3, 0.4) is 0 Å². The van der Waals surface area contributed by atoms with Crippen LogP contribution < -0.4 is 15.5 Å². The lowest BCUT2D eigenvalue weighted by molar-refractivity contribution is 0.0698. The second-order valence-corrected chi connectivity index (χ2v) is 7.92. The molecule has 4 rings (SSSR count). The maximum atomic E-state index is 13.3. The number of carboxylic acids is 1. The zero-order valence-electron chi connectivity index (χ0n) is 18.8. The number of hydrogen-bond donors (Lipinski definition) is 2. The van der Waals surface area contributed by atoms with Gasteiger partial charge in [0.25, 0.3) is 0 Å². The number of rotatable bonds is 6. The number of nitrogens with zero attached hydrogens (tertiary/aromatic N) is 1. The van der Waals surface area contributed by atoms with E-state index in [1.165, 1.54) is 7.11 Å². The molecule has 0 aliphatic heterocycles. The van der Waals surface area contributed by atoms with Gasteiger partial charge < -0.3 is 19.6 Å². The second kappa shape index (κ2) is 8.78. The number of ether oxygens (including phenoxy) is 1. The predicted octanol–water partition coefficient (Wildman–Crippen LogP) is 5.35. The average Bonchev–Trinajstić information content (AvgIpc) is 2.81. The number of aromatic carboxylic acids is 1. The summed E-state index contributed by atoms with van der Waals surface area (Å²) in [4.78, 5) is 29.1. The molecular formula is C26H24N2O5. The van der Waals surface area contributed by atoms with Crippen molar-refractivity contribution >= 4 is 22.6 Å². The van der Waals surface area contributed by atoms with Crippen molar-refractivity contribution in [2.24, 2.45) is 0 Å². The standard InChI is InChI=1S/C26H24N2O5/c1-14-11-19(16(3)28-21-8-6-5-7-18(21)26(30)31)25-20(12-14)23(29)15(2)24(33-25)17-9-10-22(32-4)27-13-17/h5-13,16,28H,1-4H3,(H,30,31)/t16-/m1/s1. The van der Waals surface area contributed by atoms with Crippen molar-refractivity contribution in [2.45, 2.75) is 26.8 Å². The van der Waals surface area contributed by atoms with Crippen molar-refractivity contribution in [3.63, 3.8) is 0 Å². The Morgan fingerprint density at radius 3 is 2.58 bits per heavy atom. The van der Waals surface area contributed by atoms with Crippen LogP contribution in [-0.4, -0.2) is 23.2 Å². The van der Waals surface area contributed by atoms with E-state index in [1.807, 2.05) is 26.0 Å². The van der Waals surface area contributed by atoms with E-state index in [0.29, 0.717) is 39.4 Å². The molecule has 7 nitrogen and oxygen atoms in total. The highest BCUT2D eigenvalue weighted by molar-refractivity contribution is 5.94. The van der Waals surface area contributed by atoms with E-state index in [2.05, 4.69) is 10.3 Å². The predicted molar refractivity (Wildman–Crippen MR) is 127 cm³/mol. The van der Waals surface area contributed by atoms with E-state index in [0.717, 1.165) is 11.1 Å². The lowest BCUT2D eigenvalue weighted by Crippen LogP contribution is -2.14. The molecule has 168 valence electrons. The van der Waals surface area contributed by atoms with Crippen LogP contribution in [0.4, 0.5) is 5.69 Å². The highest BCUT2D eigenvalue weighted by Gasteiger charge is 2.20. The first-order valence-corrected chi connectivity index (χ1v) is 10.5. The Hall–Kier alpha value is -4.13. The summed E-state index contributed by atoms with van der Waals surface area (Å²) in [6.45, 7) is 5.55. The summed E-state index contributed by atoms with van der Waals surface area (Å²) in [5, 5.41) is 13.3. The maximum absolute atomic E-state index is 13.3. The van der Waals surface area contributed by atoms with Gasteiger partial charge in [0.05, 0.1) is 24.1 Å². The topological polar surface area (TPSA) is 102 Å². The fourth-order valence-corrected chi connectivity index (χ4v) is 3.91. The molecule has 2 aromatic heterocycles. The van der Waals surface area contributed by atoms with E-state index in [9.17, 15) is 14.7 Å². The van der Waals surface area contributed by atoms with Crippen LogP contribution in [0, 0.1) is 13.8 Å². The van der Waals surface area contributed by atoms with Gasteiger partial charge in [-0.2, -0.15) is 0 Å². The Morgan fingerprint density at radius 1 is 1.15 bits per heavy atom. The van der Waals surface area contributed by atoms with Gasteiger partial charge in [-0.05, 0) is 50.6 Å². The number of aryl methyl sites for hydroxylation is 1. The third kappa shape index (κ3) is 4.17. The van der Waals surface area contributed by atoms with Gasteiger partial charge in [0.2, 0.25) is 5.88 Å². The minimum absolute atomic E-state index is 0.120. The highest BCUT2D eigenvalue weighted by Crippen LogP contribution is 2.32. The zero-order valence-corrected chi connectivity index (χ0v) is 18.8. The molecule has 4 aromatic rings. The monoisotopic (exact) mass is 444 g/mol. The van der Waals surface area contributed by atoms with Gasteiger partial charge >= 0.3 is 5.97 Å². The van der Waals surface area contributed by atoms with Gasteiger partial charge in [0, 0.05) is 34.6 Å². The van der Waals surface area contributed by atoms with E-state index >= 15 is 0 Å². The molecule has 0 fully saturated rings. The lowest BCUT2D eigenvalue weighted by Gasteiger charge is -2.20. The van der Waals surface area contributed by atoms with Gasteiger partial charge in [0.15, 0.2) is 5.43 Å². The summed E-state index contributed by atoms with van der Waals surface area (Å²) in [5.41, 5.74) is 3.80. The maximum Gasteiger partial charge on any atom is 0.337 e. The summed E-state index contributed by atoms with van der Waals surface area (Å²) < 4.78 is 11.4. The van der Waals surface area contributed by atoms with Crippen molar-refractivity contribution < 1.29 is 19.1 Å². The normalized spacial score (nSPS) is 11.9. The van der Waals surface area contributed by atoms with Crippen LogP contribution in [0.15, 0.2) is 63.9 Å². The molecule has 0 saturated carbocycles. The minimum atomic E-state index is -1.02. The number of hydrogen-bond acceptors (Lipinski definition) is 6. The Kier molecular flexibility index (Phi) is 5.87. The van der Waals surface area contributed by atoms with Gasteiger partial charge in [0.1, 0.15) is 11.3 Å². The Morgan fingerprint density at radius 2 is 1.91 bits per heavy atom. The molecule has 0 radical (unpaired) electrons. The molecule has 0 unspecified atom stereocenters. The van der Waals surface area contributed by atoms with Gasteiger partial charge in [-0.15, -0.1) is 0 Å². The SMILES string of the molecule is COc1ccc(-c2oc3c([C@@H](C)Nc4ccccc4C(=O)O)cc(C)cc3c(=O)c2C)cn1. The average molecular weight is 444 g/mol. The Labute approximate surface area is 190 Å². The number of para-hydroxylation sites is 1. The van der Waals surface area contributed by atoms with Gasteiger partial charge in [-0.3, -0.25) is 4.79 Å². The number of benzene rings is 2. The summed E-state index contributed by atoms with van der Waals surface area (Å²) in [6.07, 6.45) is 1.61. The second-order valence-electron chi connectivity index (χ2n) is 7.92. The minimum Gasteiger partial charge on any atom is -0.481 e. The summed E-state index contributed by atoms with van der Waals surface area (Å²) in [7, 11) is 1.54. The summed E-state index contributed by atoms with van der Waals surface area (Å²) in [5.74, 6) is -0.118. The highest BCUT2D eigenvalue weighted by atomic mass is 16.5. The number of nitrogens with one attached hydrogen (secondary N) is 1. The van der Waals surface area contributed by atoms with Crippen molar-refractivity contribution in [1.82, 2.24) is 4.98 Å². The zero-order chi connectivity index (χ0) is 23.7. The Bertz CT molecular complexity index is 1410. The summed E-state index contributed by atoms with van der Waals surface area (Å²) >= 11 is 0. The van der Waals surface area contributed by atoms with Crippen LogP contribution >= 0.6 is 0 Å². The van der Waals surface area contributed by atoms with Crippen LogP contribution in [0.5, 0.6) is 5.88 Å². The third-order valence-corrected chi connectivity index (χ3v) is 5.60. The molecule has 0 aliphatic rings. The van der Waals surface area contributed by atoms with Gasteiger partial charge in [-0.25, -0.2) is 9.78 Å². The molecule has 0 aliphatic carbocycles. The molecular weight excluding hydrogens is 420 g/mol. The first-order valence-electron chi connectivity index (χ1n) is 10.5. The molecule has 0 saturated heterocycles. The first kappa shape index (κ1) is 22.1. The van der Waals surface area contributed by atoms with Crippen molar-refractivity contribution in [2.75, 3.05) is 12.4 Å². The fourth-order valence-electron chi connectivity index (χ4n) is 3.91. The number of pyridine rings is 1. The quantitative estimate of drug-likeness (QED) is 0.413. The molecule has 2 aromatic carbocycles. The molecule has 2 N–H and O–H groups in total. The molecule has 1 atom stereocenters. The van der Waals surface area contributed by atoms with Crippen LogP contribution in [0.2, 0.25) is 0 Å². The largest absolute Gasteiger partial charge is 0.481 e. The molecule has 2 heterocycles. The van der Waals surface area contributed by atoms with E-state index in [-0.39, 0.29) is 17.0 Å². The van der Waals surface area contributed by atoms with Crippen molar-refractivity contribution in [3.8, 4) is 17.2 Å². The van der Waals surface area contributed by atoms with Crippen LogP contribution in [0.1, 0.15) is 40.0 Å². The third-order valence-electron chi connectivity index (χ3n) is 5.60. The summed E-state index contributed by atoms with van der Waals surface area (Å²) in [6, 6.07) is 13.6. The van der Waals surface area contributed by atoms with E-state index in [4.69, 9.17) is 9.15 Å². The van der Waals surface area contributed by atoms with Crippen molar-refractivity contribution in [1.29, 1.82) is 0 Å². The molecule has 33 heavy (non-hydrogen) atoms. The first-order chi connectivity index (χ1) is 15.8. The van der Waals surface area contributed by atoms with Gasteiger partial charge in [-0.1, -0.05) is 18.2 Å². The number of anilines is 1. The number of aromatic nitrogens is 1. The fraction of sp³-hybridized carbons (Fsp3) is 0.192. The number of fused-ring (bicyclic) bond motifs is 1. The van der Waals surface area contributed by atoms with Crippen LogP contribution in [0.25, 0.3) is 22.3 Å². The molecule has 0 spiro atoms. The van der Waals surface area contributed by atoms with E-state index in [1.54, 1.807) is 49.5 Å². The Balaban J connectivity index is 1.87. The van der Waals surface area contributed by atoms with E-state index < -0.39 is 5.97 Å². The van der Waals surface area contributed by atoms with Crippen molar-refractivity contribution in [3.05, 3.63) is 87.2 Å². The smallest absolute Gasteiger partial charge is 0.337 e. The number of carbonyl (C=O) groups is 1. The molecule has 0 amide bonds. The van der Waals surface area contributed by atoms with Crippen LogP contribution in [-0.2, 0) is 0 Å².